The third-order valence-corrected chi connectivity index (χ3v) is 7.65. The third kappa shape index (κ3) is 3.61. The van der Waals surface area contributed by atoms with Gasteiger partial charge in [0.1, 0.15) is 5.82 Å². The Morgan fingerprint density at radius 1 is 1.37 bits per heavy atom. The summed E-state index contributed by atoms with van der Waals surface area (Å²) in [4.78, 5) is 23.8. The topological polar surface area (TPSA) is 124 Å². The van der Waals surface area contributed by atoms with E-state index in [-0.39, 0.29) is 28.1 Å². The highest BCUT2D eigenvalue weighted by Crippen LogP contribution is 2.41. The van der Waals surface area contributed by atoms with Gasteiger partial charge in [0, 0.05) is 18.1 Å². The molecular weight excluding hydrogens is 392 g/mol. The molecular formula is C16H18N4O5S2. The largest absolute Gasteiger partial charge is 0.306 e. The highest BCUT2D eigenvalue weighted by Gasteiger charge is 2.34. The van der Waals surface area contributed by atoms with Crippen LogP contribution in [-0.2, 0) is 9.84 Å². The van der Waals surface area contributed by atoms with Crippen molar-refractivity contribution in [2.24, 2.45) is 0 Å². The molecule has 4 rings (SSSR count). The van der Waals surface area contributed by atoms with E-state index in [9.17, 15) is 23.3 Å². The molecule has 1 atom stereocenters. The minimum absolute atomic E-state index is 0.00520. The monoisotopic (exact) mass is 410 g/mol. The predicted molar refractivity (Wildman–Crippen MR) is 100 cm³/mol. The molecule has 2 aromatic rings. The number of nitrogens with zero attached hydrogens (tertiary/aromatic N) is 3. The SMILES string of the molecule is Cc1sc(C(=O)Nc2cc(C3CC3)nn2C2CCS(=O)(=O)C2)cc1[N+](=O)[O-]. The van der Waals surface area contributed by atoms with Crippen molar-refractivity contribution in [2.75, 3.05) is 16.8 Å². The lowest BCUT2D eigenvalue weighted by Crippen LogP contribution is -2.19. The lowest BCUT2D eigenvalue weighted by atomic mass is 10.2. The zero-order chi connectivity index (χ0) is 19.3. The first-order chi connectivity index (χ1) is 12.7. The number of hydrogen-bond donors (Lipinski definition) is 1. The number of sulfone groups is 1. The van der Waals surface area contributed by atoms with E-state index in [1.54, 1.807) is 17.7 Å². The van der Waals surface area contributed by atoms with Crippen LogP contribution < -0.4 is 5.32 Å². The molecule has 1 aliphatic carbocycles. The van der Waals surface area contributed by atoms with Gasteiger partial charge in [0.15, 0.2) is 9.84 Å². The molecule has 0 bridgehead atoms. The van der Waals surface area contributed by atoms with E-state index in [1.807, 2.05) is 0 Å². The molecule has 0 spiro atoms. The smallest absolute Gasteiger partial charge is 0.283 e. The normalized spacial score (nSPS) is 21.3. The maximum absolute atomic E-state index is 12.6. The van der Waals surface area contributed by atoms with Crippen molar-refractivity contribution < 1.29 is 18.1 Å². The van der Waals surface area contributed by atoms with Gasteiger partial charge >= 0.3 is 0 Å². The number of anilines is 1. The van der Waals surface area contributed by atoms with Crippen LogP contribution in [0, 0.1) is 17.0 Å². The predicted octanol–water partition coefficient (Wildman–Crippen LogP) is 2.65. The number of rotatable bonds is 5. The minimum atomic E-state index is -3.09. The number of carbonyl (C=O) groups is 1. The molecule has 2 fully saturated rings. The third-order valence-electron chi connectivity index (χ3n) is 4.86. The molecule has 1 saturated heterocycles. The van der Waals surface area contributed by atoms with Crippen molar-refractivity contribution in [3.05, 3.63) is 37.7 Å². The summed E-state index contributed by atoms with van der Waals surface area (Å²) in [5.41, 5.74) is 0.766. The fourth-order valence-electron chi connectivity index (χ4n) is 3.28. The summed E-state index contributed by atoms with van der Waals surface area (Å²) in [6.45, 7) is 1.60. The summed E-state index contributed by atoms with van der Waals surface area (Å²) in [5.74, 6) is 0.453. The summed E-state index contributed by atoms with van der Waals surface area (Å²) >= 11 is 1.05. The Bertz CT molecular complexity index is 1040. The molecule has 1 amide bonds. The highest BCUT2D eigenvalue weighted by molar-refractivity contribution is 7.91. The standard InChI is InChI=1S/C16H18N4O5S2/c1-9-13(20(22)23)7-14(26-9)16(21)17-15-6-12(10-2-3-10)18-19(15)11-4-5-27(24,25)8-11/h6-7,10-11H,2-5,8H2,1H3,(H,17,21). The Balaban J connectivity index is 1.62. The van der Waals surface area contributed by atoms with E-state index in [4.69, 9.17) is 0 Å². The Morgan fingerprint density at radius 3 is 2.67 bits per heavy atom. The van der Waals surface area contributed by atoms with Crippen molar-refractivity contribution in [1.82, 2.24) is 9.78 Å². The van der Waals surface area contributed by atoms with E-state index in [1.165, 1.54) is 6.07 Å². The van der Waals surface area contributed by atoms with Crippen LogP contribution in [0.25, 0.3) is 0 Å². The summed E-state index contributed by atoms with van der Waals surface area (Å²) in [7, 11) is -3.09. The van der Waals surface area contributed by atoms with Crippen LogP contribution in [0.1, 0.15) is 51.5 Å². The van der Waals surface area contributed by atoms with Gasteiger partial charge in [0.2, 0.25) is 0 Å². The van der Waals surface area contributed by atoms with Gasteiger partial charge in [-0.25, -0.2) is 13.1 Å². The number of thiophene rings is 1. The Labute approximate surface area is 159 Å². The molecule has 0 radical (unpaired) electrons. The second kappa shape index (κ2) is 6.41. The lowest BCUT2D eigenvalue weighted by Gasteiger charge is -2.13. The zero-order valence-corrected chi connectivity index (χ0v) is 16.2. The fraction of sp³-hybridized carbons (Fsp3) is 0.500. The first-order valence-electron chi connectivity index (χ1n) is 8.59. The first-order valence-corrected chi connectivity index (χ1v) is 11.2. The molecule has 1 N–H and O–H groups in total. The molecule has 3 heterocycles. The molecule has 2 aromatic heterocycles. The van der Waals surface area contributed by atoms with E-state index >= 15 is 0 Å². The van der Waals surface area contributed by atoms with Crippen LogP contribution in [-0.4, -0.2) is 40.5 Å². The summed E-state index contributed by atoms with van der Waals surface area (Å²) in [6, 6.07) is 2.74. The summed E-state index contributed by atoms with van der Waals surface area (Å²) < 4.78 is 25.3. The molecule has 27 heavy (non-hydrogen) atoms. The Morgan fingerprint density at radius 2 is 2.11 bits per heavy atom. The number of nitrogens with one attached hydrogen (secondary N) is 1. The van der Waals surface area contributed by atoms with Gasteiger partial charge < -0.3 is 5.32 Å². The maximum Gasteiger partial charge on any atom is 0.283 e. The quantitative estimate of drug-likeness (QED) is 0.597. The number of nitro groups is 1. The van der Waals surface area contributed by atoms with E-state index < -0.39 is 20.7 Å². The number of aryl methyl sites for hydroxylation is 1. The van der Waals surface area contributed by atoms with Crippen LogP contribution in [0.3, 0.4) is 0 Å². The molecule has 1 saturated carbocycles. The molecule has 1 aliphatic heterocycles. The van der Waals surface area contributed by atoms with Gasteiger partial charge in [-0.1, -0.05) is 0 Å². The number of carbonyl (C=O) groups excluding carboxylic acids is 1. The van der Waals surface area contributed by atoms with Gasteiger partial charge in [-0.2, -0.15) is 5.10 Å². The summed E-state index contributed by atoms with van der Waals surface area (Å²) in [5, 5.41) is 18.3. The second-order valence-electron chi connectivity index (χ2n) is 6.99. The minimum Gasteiger partial charge on any atom is -0.306 e. The number of hydrogen-bond acceptors (Lipinski definition) is 7. The second-order valence-corrected chi connectivity index (χ2v) is 10.5. The maximum atomic E-state index is 12.6. The van der Waals surface area contributed by atoms with Crippen LogP contribution in [0.4, 0.5) is 11.5 Å². The van der Waals surface area contributed by atoms with E-state index in [0.29, 0.717) is 23.0 Å². The zero-order valence-electron chi connectivity index (χ0n) is 14.5. The van der Waals surface area contributed by atoms with Gasteiger partial charge in [0.05, 0.1) is 37.9 Å². The van der Waals surface area contributed by atoms with Crippen molar-refractivity contribution in [1.29, 1.82) is 0 Å². The van der Waals surface area contributed by atoms with Gasteiger partial charge in [-0.3, -0.25) is 14.9 Å². The van der Waals surface area contributed by atoms with Crippen LogP contribution in [0.2, 0.25) is 0 Å². The fourth-order valence-corrected chi connectivity index (χ4v) is 5.85. The average Bonchev–Trinajstić information content (AvgIpc) is 3.08. The lowest BCUT2D eigenvalue weighted by molar-refractivity contribution is -0.385. The van der Waals surface area contributed by atoms with Crippen molar-refractivity contribution in [3.8, 4) is 0 Å². The molecule has 2 aliphatic rings. The van der Waals surface area contributed by atoms with Crippen LogP contribution in [0.15, 0.2) is 12.1 Å². The van der Waals surface area contributed by atoms with Crippen molar-refractivity contribution >= 4 is 38.6 Å². The summed E-state index contributed by atoms with van der Waals surface area (Å²) in [6.07, 6.45) is 2.52. The molecule has 144 valence electrons. The van der Waals surface area contributed by atoms with Gasteiger partial charge in [-0.15, -0.1) is 11.3 Å². The average molecular weight is 410 g/mol. The number of aromatic nitrogens is 2. The molecule has 0 aromatic carbocycles. The molecule has 11 heteroatoms. The van der Waals surface area contributed by atoms with E-state index in [0.717, 1.165) is 29.9 Å². The Kier molecular flexibility index (Phi) is 4.30. The van der Waals surface area contributed by atoms with Gasteiger partial charge in [0.25, 0.3) is 11.6 Å². The van der Waals surface area contributed by atoms with Crippen molar-refractivity contribution in [3.63, 3.8) is 0 Å². The number of amides is 1. The van der Waals surface area contributed by atoms with Gasteiger partial charge in [-0.05, 0) is 26.2 Å². The first kappa shape index (κ1) is 18.1. The molecule has 1 unspecified atom stereocenters. The highest BCUT2D eigenvalue weighted by atomic mass is 32.2. The Hall–Kier alpha value is -2.27. The molecule has 9 nitrogen and oxygen atoms in total. The van der Waals surface area contributed by atoms with Crippen LogP contribution >= 0.6 is 11.3 Å². The van der Waals surface area contributed by atoms with Crippen LogP contribution in [0.5, 0.6) is 0 Å². The van der Waals surface area contributed by atoms with E-state index in [2.05, 4.69) is 10.4 Å². The van der Waals surface area contributed by atoms with Crippen molar-refractivity contribution in [2.45, 2.75) is 38.1 Å².